The van der Waals surface area contributed by atoms with Gasteiger partial charge in [-0.1, -0.05) is 19.1 Å². The summed E-state index contributed by atoms with van der Waals surface area (Å²) in [6.07, 6.45) is 6.75. The normalized spacial score (nSPS) is 16.6. The Labute approximate surface area is 139 Å². The zero-order chi connectivity index (χ0) is 16.5. The first kappa shape index (κ1) is 17.5. The van der Waals surface area contributed by atoms with Crippen LogP contribution in [0.3, 0.4) is 0 Å². The second-order valence-corrected chi connectivity index (χ2v) is 5.96. The Morgan fingerprint density at radius 2 is 1.96 bits per heavy atom. The lowest BCUT2D eigenvalue weighted by atomic mass is 10.0. The molecule has 0 unspecified atom stereocenters. The third kappa shape index (κ3) is 6.06. The predicted octanol–water partition coefficient (Wildman–Crippen LogP) is 3.09. The Morgan fingerprint density at radius 3 is 2.57 bits per heavy atom. The lowest BCUT2D eigenvalue weighted by molar-refractivity contribution is -0.117. The summed E-state index contributed by atoms with van der Waals surface area (Å²) >= 11 is 0. The highest BCUT2D eigenvalue weighted by atomic mass is 16.5. The minimum absolute atomic E-state index is 0.00664. The highest BCUT2D eigenvalue weighted by Crippen LogP contribution is 2.13. The maximum absolute atomic E-state index is 12.0. The van der Waals surface area contributed by atoms with Gasteiger partial charge in [0.05, 0.1) is 6.61 Å². The van der Waals surface area contributed by atoms with Gasteiger partial charge < -0.3 is 15.0 Å². The molecular formula is C19H28N2O2. The molecule has 4 heteroatoms. The number of nitrogens with zero attached hydrogens (tertiary/aromatic N) is 1. The Hall–Kier alpha value is -1.81. The molecule has 23 heavy (non-hydrogen) atoms. The number of amides is 1. The Bertz CT molecular complexity index is 503. The summed E-state index contributed by atoms with van der Waals surface area (Å²) < 4.78 is 5.41. The molecule has 0 radical (unpaired) electrons. The Morgan fingerprint density at radius 1 is 1.26 bits per heavy atom. The first-order chi connectivity index (χ1) is 11.2. The third-order valence-electron chi connectivity index (χ3n) is 4.09. The maximum Gasteiger partial charge on any atom is 0.244 e. The Kier molecular flexibility index (Phi) is 7.14. The van der Waals surface area contributed by atoms with Crippen LogP contribution in [-0.2, 0) is 4.79 Å². The van der Waals surface area contributed by atoms with Gasteiger partial charge in [-0.2, -0.15) is 0 Å². The van der Waals surface area contributed by atoms with E-state index in [2.05, 4.69) is 17.1 Å². The van der Waals surface area contributed by atoms with Crippen molar-refractivity contribution in [2.75, 3.05) is 26.2 Å². The van der Waals surface area contributed by atoms with Crippen LogP contribution in [-0.4, -0.2) is 43.1 Å². The number of hydrogen-bond donors (Lipinski definition) is 1. The summed E-state index contributed by atoms with van der Waals surface area (Å²) in [7, 11) is 0. The molecule has 4 nitrogen and oxygen atoms in total. The molecule has 1 aromatic carbocycles. The van der Waals surface area contributed by atoms with E-state index in [1.807, 2.05) is 37.3 Å². The topological polar surface area (TPSA) is 41.6 Å². The largest absolute Gasteiger partial charge is 0.494 e. The number of carbonyl (C=O) groups is 1. The lowest BCUT2D eigenvalue weighted by Gasteiger charge is -2.31. The van der Waals surface area contributed by atoms with Crippen molar-refractivity contribution in [1.82, 2.24) is 10.2 Å². The van der Waals surface area contributed by atoms with Crippen molar-refractivity contribution >= 4 is 12.0 Å². The van der Waals surface area contributed by atoms with Crippen molar-refractivity contribution < 1.29 is 9.53 Å². The zero-order valence-electron chi connectivity index (χ0n) is 14.3. The standard InChI is InChI=1S/C19H28N2O2/c1-3-13-21-14-11-17(12-15-21)20-19(22)10-7-16-5-8-18(9-6-16)23-4-2/h5-10,17H,3-4,11-15H2,1-2H3,(H,20,22)/b10-7+. The van der Waals surface area contributed by atoms with Crippen molar-refractivity contribution in [3.63, 3.8) is 0 Å². The van der Waals surface area contributed by atoms with Crippen LogP contribution in [0.2, 0.25) is 0 Å². The summed E-state index contributed by atoms with van der Waals surface area (Å²) in [5.41, 5.74) is 1.00. The van der Waals surface area contributed by atoms with Gasteiger partial charge in [0.25, 0.3) is 0 Å². The second-order valence-electron chi connectivity index (χ2n) is 5.96. The molecular weight excluding hydrogens is 288 g/mol. The monoisotopic (exact) mass is 316 g/mol. The van der Waals surface area contributed by atoms with E-state index >= 15 is 0 Å². The van der Waals surface area contributed by atoms with Crippen LogP contribution >= 0.6 is 0 Å². The highest BCUT2D eigenvalue weighted by Gasteiger charge is 2.19. The number of hydrogen-bond acceptors (Lipinski definition) is 3. The first-order valence-electron chi connectivity index (χ1n) is 8.65. The van der Waals surface area contributed by atoms with Gasteiger partial charge in [0.1, 0.15) is 5.75 Å². The minimum atomic E-state index is -0.00664. The predicted molar refractivity (Wildman–Crippen MR) is 94.5 cm³/mol. The van der Waals surface area contributed by atoms with Gasteiger partial charge in [-0.3, -0.25) is 4.79 Å². The smallest absolute Gasteiger partial charge is 0.244 e. The van der Waals surface area contributed by atoms with E-state index in [4.69, 9.17) is 4.74 Å². The van der Waals surface area contributed by atoms with Gasteiger partial charge in [-0.15, -0.1) is 0 Å². The molecule has 0 bridgehead atoms. The third-order valence-corrected chi connectivity index (χ3v) is 4.09. The molecule has 0 aromatic heterocycles. The quantitative estimate of drug-likeness (QED) is 0.786. The van der Waals surface area contributed by atoms with Crippen LogP contribution in [0, 0.1) is 0 Å². The molecule has 0 aliphatic carbocycles. The molecule has 2 rings (SSSR count). The van der Waals surface area contributed by atoms with Gasteiger partial charge in [0.15, 0.2) is 0 Å². The van der Waals surface area contributed by atoms with Crippen molar-refractivity contribution in [3.05, 3.63) is 35.9 Å². The summed E-state index contributed by atoms with van der Waals surface area (Å²) in [6.45, 7) is 8.17. The molecule has 1 aliphatic rings. The number of ether oxygens (including phenoxy) is 1. The molecule has 0 spiro atoms. The van der Waals surface area contributed by atoms with E-state index in [0.29, 0.717) is 12.6 Å². The van der Waals surface area contributed by atoms with Crippen LogP contribution in [0.5, 0.6) is 5.75 Å². The highest BCUT2D eigenvalue weighted by molar-refractivity contribution is 5.91. The van der Waals surface area contributed by atoms with Crippen LogP contribution in [0.1, 0.15) is 38.7 Å². The van der Waals surface area contributed by atoms with Crippen LogP contribution < -0.4 is 10.1 Å². The first-order valence-corrected chi connectivity index (χ1v) is 8.65. The van der Waals surface area contributed by atoms with E-state index < -0.39 is 0 Å². The molecule has 1 heterocycles. The van der Waals surface area contributed by atoms with E-state index in [0.717, 1.165) is 43.8 Å². The molecule has 0 saturated carbocycles. The molecule has 0 atom stereocenters. The molecule has 1 aromatic rings. The fraction of sp³-hybridized carbons (Fsp3) is 0.526. The summed E-state index contributed by atoms with van der Waals surface area (Å²) in [6, 6.07) is 8.06. The van der Waals surface area contributed by atoms with Crippen molar-refractivity contribution in [2.45, 2.75) is 39.2 Å². The molecule has 1 aliphatic heterocycles. The fourth-order valence-corrected chi connectivity index (χ4v) is 2.88. The number of benzene rings is 1. The number of nitrogens with one attached hydrogen (secondary N) is 1. The molecule has 126 valence electrons. The lowest BCUT2D eigenvalue weighted by Crippen LogP contribution is -2.44. The van der Waals surface area contributed by atoms with Crippen molar-refractivity contribution in [1.29, 1.82) is 0 Å². The SMILES string of the molecule is CCCN1CCC(NC(=O)/C=C/c2ccc(OCC)cc2)CC1. The summed E-state index contributed by atoms with van der Waals surface area (Å²) in [5.74, 6) is 0.848. The van der Waals surface area contributed by atoms with E-state index in [9.17, 15) is 4.79 Å². The van der Waals surface area contributed by atoms with Gasteiger partial charge in [-0.05, 0) is 56.5 Å². The van der Waals surface area contributed by atoms with Crippen LogP contribution in [0.25, 0.3) is 6.08 Å². The summed E-state index contributed by atoms with van der Waals surface area (Å²) in [4.78, 5) is 14.5. The number of likely N-dealkylation sites (tertiary alicyclic amines) is 1. The van der Waals surface area contributed by atoms with E-state index in [1.54, 1.807) is 6.08 Å². The van der Waals surface area contributed by atoms with Crippen LogP contribution in [0.15, 0.2) is 30.3 Å². The second kappa shape index (κ2) is 9.36. The molecule has 1 amide bonds. The van der Waals surface area contributed by atoms with Gasteiger partial charge in [-0.25, -0.2) is 0 Å². The van der Waals surface area contributed by atoms with Crippen molar-refractivity contribution in [3.8, 4) is 5.75 Å². The molecule has 1 N–H and O–H groups in total. The minimum Gasteiger partial charge on any atom is -0.494 e. The Balaban J connectivity index is 1.76. The molecule has 1 saturated heterocycles. The van der Waals surface area contributed by atoms with Gasteiger partial charge in [0.2, 0.25) is 5.91 Å². The van der Waals surface area contributed by atoms with Crippen LogP contribution in [0.4, 0.5) is 0 Å². The number of piperidine rings is 1. The summed E-state index contributed by atoms with van der Waals surface area (Å²) in [5, 5.41) is 3.11. The fourth-order valence-electron chi connectivity index (χ4n) is 2.88. The van der Waals surface area contributed by atoms with E-state index in [-0.39, 0.29) is 5.91 Å². The van der Waals surface area contributed by atoms with Gasteiger partial charge >= 0.3 is 0 Å². The average Bonchev–Trinajstić information content (AvgIpc) is 2.57. The average molecular weight is 316 g/mol. The van der Waals surface area contributed by atoms with Gasteiger partial charge in [0, 0.05) is 25.2 Å². The molecule has 1 fully saturated rings. The number of rotatable bonds is 7. The van der Waals surface area contributed by atoms with E-state index in [1.165, 1.54) is 6.42 Å². The zero-order valence-corrected chi connectivity index (χ0v) is 14.3. The maximum atomic E-state index is 12.0. The number of carbonyl (C=O) groups excluding carboxylic acids is 1. The van der Waals surface area contributed by atoms with Crippen molar-refractivity contribution in [2.24, 2.45) is 0 Å².